The van der Waals surface area contributed by atoms with E-state index < -0.39 is 31.1 Å². The molecule has 0 aliphatic carbocycles. The van der Waals surface area contributed by atoms with Crippen molar-refractivity contribution < 1.29 is 28.5 Å². The van der Waals surface area contributed by atoms with E-state index >= 15 is 0 Å². The third-order valence-electron chi connectivity index (χ3n) is 5.58. The van der Waals surface area contributed by atoms with Gasteiger partial charge in [0.2, 0.25) is 0 Å². The number of carbonyl (C=O) groups is 1. The van der Waals surface area contributed by atoms with Gasteiger partial charge in [-0.3, -0.25) is 4.98 Å². The van der Waals surface area contributed by atoms with Gasteiger partial charge in [-0.15, -0.1) is 4.52 Å². The second-order valence-electron chi connectivity index (χ2n) is 8.28. The van der Waals surface area contributed by atoms with Gasteiger partial charge in [-0.1, -0.05) is 62.2 Å². The monoisotopic (exact) mass is 494 g/mol. The lowest BCUT2D eigenvalue weighted by Crippen LogP contribution is -2.44. The Hall–Kier alpha value is -3.43. The van der Waals surface area contributed by atoms with E-state index in [0.29, 0.717) is 28.1 Å². The van der Waals surface area contributed by atoms with Crippen LogP contribution >= 0.6 is 8.03 Å². The zero-order valence-corrected chi connectivity index (χ0v) is 20.7. The molecule has 3 atom stereocenters. The highest BCUT2D eigenvalue weighted by Gasteiger charge is 2.62. The lowest BCUT2D eigenvalue weighted by Gasteiger charge is -2.17. The van der Waals surface area contributed by atoms with Crippen LogP contribution < -0.4 is 0 Å². The normalized spacial score (nSPS) is 14.0. The number of carboxylic acid groups (broad SMARTS) is 1. The van der Waals surface area contributed by atoms with Gasteiger partial charge in [0.05, 0.1) is 24.1 Å². The molecule has 3 rings (SSSR count). The van der Waals surface area contributed by atoms with Crippen LogP contribution in [0.2, 0.25) is 0 Å². The molecule has 0 radical (unpaired) electrons. The van der Waals surface area contributed by atoms with Gasteiger partial charge in [0, 0.05) is 11.1 Å². The van der Waals surface area contributed by atoms with E-state index in [9.17, 15) is 24.0 Å². The number of aliphatic hydroxyl groups excluding tert-OH is 1. The Bertz CT molecular complexity index is 1300. The molecule has 0 amide bonds. The van der Waals surface area contributed by atoms with E-state index in [2.05, 4.69) is 11.8 Å². The summed E-state index contributed by atoms with van der Waals surface area (Å²) in [6.07, 6.45) is -1.59. The second kappa shape index (κ2) is 10.9. The number of aromatic nitrogens is 1. The first-order valence-electron chi connectivity index (χ1n) is 10.9. The first kappa shape index (κ1) is 26.2. The number of aliphatic hydroxyl groups is 1. The quantitative estimate of drug-likeness (QED) is 0.327. The Balaban J connectivity index is 2.38. The summed E-state index contributed by atoms with van der Waals surface area (Å²) in [6.45, 7) is 5.05. The molecule has 0 fully saturated rings. The van der Waals surface area contributed by atoms with Gasteiger partial charge < -0.3 is 10.2 Å². The minimum atomic E-state index is -2.88. The number of pyridine rings is 1. The predicted molar refractivity (Wildman–Crippen MR) is 133 cm³/mol. The molecule has 3 aromatic rings. The molecule has 2 N–H and O–H groups in total. The zero-order chi connectivity index (χ0) is 25.8. The Kier molecular flexibility index (Phi) is 8.14. The minimum absolute atomic E-state index is 0.121. The molecular formula is C27H26FNO5P+. The summed E-state index contributed by atoms with van der Waals surface area (Å²) in [5, 5.41) is 17.8. The molecule has 0 aliphatic heterocycles. The lowest BCUT2D eigenvalue weighted by atomic mass is 9.92. The highest BCUT2D eigenvalue weighted by molar-refractivity contribution is 7.43. The molecule has 3 unspecified atom stereocenters. The second-order valence-corrected chi connectivity index (χ2v) is 9.86. The number of aliphatic carboxylic acids is 1. The molecule has 8 heteroatoms. The van der Waals surface area contributed by atoms with E-state index in [-0.39, 0.29) is 5.92 Å². The summed E-state index contributed by atoms with van der Waals surface area (Å²) in [6, 6.07) is 17.2. The highest BCUT2D eigenvalue weighted by Crippen LogP contribution is 2.42. The first-order valence-corrected chi connectivity index (χ1v) is 12.1. The average molecular weight is 494 g/mol. The molecule has 0 saturated heterocycles. The predicted octanol–water partition coefficient (Wildman–Crippen LogP) is 5.62. The van der Waals surface area contributed by atoms with Crippen molar-refractivity contribution in [3.8, 4) is 34.2 Å². The van der Waals surface area contributed by atoms with E-state index in [1.54, 1.807) is 18.2 Å². The van der Waals surface area contributed by atoms with Crippen molar-refractivity contribution >= 4 is 14.0 Å². The summed E-state index contributed by atoms with van der Waals surface area (Å²) in [4.78, 5) is 17.0. The first-order chi connectivity index (χ1) is 16.6. The van der Waals surface area contributed by atoms with Gasteiger partial charge >= 0.3 is 19.2 Å². The van der Waals surface area contributed by atoms with Crippen molar-refractivity contribution in [1.29, 1.82) is 0 Å². The molecular weight excluding hydrogens is 468 g/mol. The largest absolute Gasteiger partial charge is 0.542 e. The van der Waals surface area contributed by atoms with Gasteiger partial charge in [-0.2, -0.15) is 0 Å². The summed E-state index contributed by atoms with van der Waals surface area (Å²) in [5.41, 5.74) is 3.76. The maximum atomic E-state index is 13.7. The number of rotatable bonds is 7. The van der Waals surface area contributed by atoms with Crippen LogP contribution in [0.1, 0.15) is 37.9 Å². The smallest absolute Gasteiger partial charge is 0.477 e. The Morgan fingerprint density at radius 1 is 1.09 bits per heavy atom. The number of hydrogen-bond donors (Lipinski definition) is 2. The third kappa shape index (κ3) is 5.31. The van der Waals surface area contributed by atoms with E-state index in [4.69, 9.17) is 9.51 Å². The molecule has 0 spiro atoms. The van der Waals surface area contributed by atoms with Crippen LogP contribution in [-0.4, -0.2) is 39.5 Å². The van der Waals surface area contributed by atoms with E-state index in [1.807, 2.05) is 44.2 Å². The maximum absolute atomic E-state index is 13.7. The minimum Gasteiger partial charge on any atom is -0.477 e. The number of carboxylic acids is 1. The summed E-state index contributed by atoms with van der Waals surface area (Å²) in [7, 11) is -1.78. The van der Waals surface area contributed by atoms with Crippen LogP contribution in [0.25, 0.3) is 22.4 Å². The fourth-order valence-electron chi connectivity index (χ4n) is 3.64. The van der Waals surface area contributed by atoms with Crippen molar-refractivity contribution in [2.75, 3.05) is 7.11 Å². The van der Waals surface area contributed by atoms with Gasteiger partial charge in [0.1, 0.15) is 11.9 Å². The molecule has 1 heterocycles. The number of benzene rings is 2. The summed E-state index contributed by atoms with van der Waals surface area (Å²) in [5.74, 6) is 3.33. The van der Waals surface area contributed by atoms with Crippen LogP contribution in [0.5, 0.6) is 0 Å². The fourth-order valence-corrected chi connectivity index (χ4v) is 4.54. The van der Waals surface area contributed by atoms with Crippen LogP contribution in [0.4, 0.5) is 4.39 Å². The number of halogens is 1. The summed E-state index contributed by atoms with van der Waals surface area (Å²) >= 11 is 0. The topological polar surface area (TPSA) is 96.7 Å². The average Bonchev–Trinajstić information content (AvgIpc) is 2.84. The van der Waals surface area contributed by atoms with E-state index in [0.717, 1.165) is 12.7 Å². The van der Waals surface area contributed by atoms with Crippen molar-refractivity contribution in [2.45, 2.75) is 37.9 Å². The highest BCUT2D eigenvalue weighted by atomic mass is 31.1. The van der Waals surface area contributed by atoms with Gasteiger partial charge in [0.15, 0.2) is 0 Å². The van der Waals surface area contributed by atoms with Gasteiger partial charge in [0.25, 0.3) is 0 Å². The summed E-state index contributed by atoms with van der Waals surface area (Å²) < 4.78 is 31.1. The van der Waals surface area contributed by atoms with Gasteiger partial charge in [-0.05, 0) is 47.1 Å². The SMILES string of the molecule is CO[P+](=O)C(C#Cc1c(-c2ccc(F)cc2)cc(-c2ccccc2)nc1C(C)C)(C(=O)O)C(C)O. The Morgan fingerprint density at radius 3 is 2.23 bits per heavy atom. The molecule has 0 saturated carbocycles. The molecule has 0 aliphatic rings. The zero-order valence-electron chi connectivity index (χ0n) is 19.8. The van der Waals surface area contributed by atoms with Gasteiger partial charge in [-0.25, -0.2) is 9.18 Å². The molecule has 1 aromatic heterocycles. The van der Waals surface area contributed by atoms with Crippen LogP contribution in [-0.2, 0) is 13.9 Å². The van der Waals surface area contributed by atoms with E-state index in [1.165, 1.54) is 19.1 Å². The Labute approximate surface area is 204 Å². The molecule has 0 bridgehead atoms. The molecule has 180 valence electrons. The van der Waals surface area contributed by atoms with Crippen LogP contribution in [0.15, 0.2) is 60.7 Å². The van der Waals surface area contributed by atoms with Crippen molar-refractivity contribution in [3.05, 3.63) is 77.7 Å². The van der Waals surface area contributed by atoms with Crippen LogP contribution in [0.3, 0.4) is 0 Å². The van der Waals surface area contributed by atoms with Crippen molar-refractivity contribution in [3.63, 3.8) is 0 Å². The molecule has 2 aromatic carbocycles. The molecule has 6 nitrogen and oxygen atoms in total. The number of nitrogens with zero attached hydrogens (tertiary/aromatic N) is 1. The third-order valence-corrected chi connectivity index (χ3v) is 7.17. The van der Waals surface area contributed by atoms with Crippen LogP contribution in [0, 0.1) is 17.7 Å². The number of hydrogen-bond acceptors (Lipinski definition) is 5. The van der Waals surface area contributed by atoms with Crippen molar-refractivity contribution in [2.24, 2.45) is 0 Å². The van der Waals surface area contributed by atoms with Crippen molar-refractivity contribution in [1.82, 2.24) is 4.98 Å². The Morgan fingerprint density at radius 2 is 1.71 bits per heavy atom. The molecule has 35 heavy (non-hydrogen) atoms. The lowest BCUT2D eigenvalue weighted by molar-refractivity contribution is -0.141. The fraction of sp³-hybridized carbons (Fsp3) is 0.259. The standard InChI is InChI=1S/C27H25FNO5P/c1-17(2)25-22(14-15-27(18(3)30,26(31)32)35(33)34-4)23(19-10-12-21(28)13-11-19)16-24(29-25)20-8-6-5-7-9-20/h5-13,16-18,30H,1-4H3/p+1. The maximum Gasteiger partial charge on any atom is 0.542 e.